The number of rotatable bonds is 4. The molecule has 0 aromatic heterocycles. The fourth-order valence-corrected chi connectivity index (χ4v) is 1.76. The topological polar surface area (TPSA) is 12.0 Å². The maximum Gasteiger partial charge on any atom is 0.00277 e. The summed E-state index contributed by atoms with van der Waals surface area (Å²) in [4.78, 5) is 0. The van der Waals surface area contributed by atoms with Gasteiger partial charge in [0.2, 0.25) is 0 Å². The van der Waals surface area contributed by atoms with E-state index in [2.05, 4.69) is 60.4 Å². The fourth-order valence-electron chi connectivity index (χ4n) is 1.76. The minimum Gasteiger partial charge on any atom is -0.394 e. The first kappa shape index (κ1) is 12.2. The van der Waals surface area contributed by atoms with Crippen LogP contribution in [0, 0.1) is 0 Å². The highest BCUT2D eigenvalue weighted by Crippen LogP contribution is 2.16. The molecule has 0 unspecified atom stereocenters. The monoisotopic (exact) mass is 235 g/mol. The van der Waals surface area contributed by atoms with E-state index in [9.17, 15) is 0 Å². The highest BCUT2D eigenvalue weighted by Gasteiger charge is 1.92. The van der Waals surface area contributed by atoms with Crippen LogP contribution in [0.25, 0.3) is 16.8 Å². The number of allylic oxidation sites excluding steroid dienone is 3. The smallest absolute Gasteiger partial charge is 0.00277 e. The molecule has 0 spiro atoms. The van der Waals surface area contributed by atoms with E-state index < -0.39 is 0 Å². The lowest BCUT2D eigenvalue weighted by Gasteiger charge is -1.99. The summed E-state index contributed by atoms with van der Waals surface area (Å²) < 4.78 is 0. The SMILES string of the molecule is C=C(/C=C\NC)/C=C/c1ccc2ccccc2c1. The van der Waals surface area contributed by atoms with Crippen LogP contribution in [0.3, 0.4) is 0 Å². The van der Waals surface area contributed by atoms with E-state index >= 15 is 0 Å². The van der Waals surface area contributed by atoms with E-state index in [0.29, 0.717) is 0 Å². The first-order valence-corrected chi connectivity index (χ1v) is 5.99. The predicted molar refractivity (Wildman–Crippen MR) is 80.3 cm³/mol. The second kappa shape index (κ2) is 5.87. The molecule has 0 aliphatic rings. The standard InChI is InChI=1S/C17H17N/c1-14(11-12-18-2)7-8-15-9-10-16-5-3-4-6-17(16)13-15/h3-13,18H,1H2,2H3/b8-7+,12-11-. The zero-order chi connectivity index (χ0) is 12.8. The molecular weight excluding hydrogens is 218 g/mol. The fraction of sp³-hybridized carbons (Fsp3) is 0.0588. The molecule has 2 rings (SSSR count). The molecule has 0 amide bonds. The Morgan fingerprint density at radius 2 is 1.83 bits per heavy atom. The first-order chi connectivity index (χ1) is 8.79. The van der Waals surface area contributed by atoms with E-state index in [1.165, 1.54) is 16.3 Å². The lowest BCUT2D eigenvalue weighted by molar-refractivity contribution is 1.10. The van der Waals surface area contributed by atoms with Crippen LogP contribution in [0.2, 0.25) is 0 Å². The number of benzene rings is 2. The number of nitrogens with one attached hydrogen (secondary N) is 1. The van der Waals surface area contributed by atoms with Gasteiger partial charge in [-0.1, -0.05) is 55.1 Å². The average molecular weight is 235 g/mol. The Labute approximate surface area is 108 Å². The van der Waals surface area contributed by atoms with Gasteiger partial charge in [-0.05, 0) is 40.3 Å². The van der Waals surface area contributed by atoms with E-state index in [4.69, 9.17) is 0 Å². The Balaban J connectivity index is 2.19. The summed E-state index contributed by atoms with van der Waals surface area (Å²) in [5.41, 5.74) is 2.16. The van der Waals surface area contributed by atoms with Crippen LogP contribution in [-0.2, 0) is 0 Å². The van der Waals surface area contributed by atoms with Gasteiger partial charge < -0.3 is 5.32 Å². The molecule has 0 saturated heterocycles. The molecule has 0 aliphatic carbocycles. The molecular formula is C17H17N. The van der Waals surface area contributed by atoms with E-state index in [1.807, 2.05) is 25.4 Å². The van der Waals surface area contributed by atoms with E-state index in [0.717, 1.165) is 5.57 Å². The third kappa shape index (κ3) is 3.11. The second-order valence-corrected chi connectivity index (χ2v) is 4.14. The van der Waals surface area contributed by atoms with Crippen molar-refractivity contribution in [2.75, 3.05) is 7.05 Å². The number of fused-ring (bicyclic) bond motifs is 1. The molecule has 0 aliphatic heterocycles. The van der Waals surface area contributed by atoms with Crippen molar-refractivity contribution in [3.63, 3.8) is 0 Å². The number of hydrogen-bond donors (Lipinski definition) is 1. The van der Waals surface area contributed by atoms with Gasteiger partial charge in [0.15, 0.2) is 0 Å². The molecule has 0 fully saturated rings. The molecule has 0 heterocycles. The van der Waals surface area contributed by atoms with Gasteiger partial charge >= 0.3 is 0 Å². The van der Waals surface area contributed by atoms with Crippen molar-refractivity contribution in [3.05, 3.63) is 78.5 Å². The third-order valence-electron chi connectivity index (χ3n) is 2.73. The first-order valence-electron chi connectivity index (χ1n) is 5.99. The minimum absolute atomic E-state index is 0.970. The molecule has 18 heavy (non-hydrogen) atoms. The Bertz CT molecular complexity index is 606. The average Bonchev–Trinajstić information content (AvgIpc) is 2.42. The maximum absolute atomic E-state index is 3.96. The van der Waals surface area contributed by atoms with Gasteiger partial charge in [-0.25, -0.2) is 0 Å². The molecule has 90 valence electrons. The third-order valence-corrected chi connectivity index (χ3v) is 2.73. The summed E-state index contributed by atoms with van der Waals surface area (Å²) in [6.45, 7) is 3.96. The van der Waals surface area contributed by atoms with Crippen LogP contribution < -0.4 is 5.32 Å². The molecule has 2 aromatic rings. The molecule has 0 bridgehead atoms. The largest absolute Gasteiger partial charge is 0.394 e. The van der Waals surface area contributed by atoms with Crippen LogP contribution in [0.5, 0.6) is 0 Å². The summed E-state index contributed by atoms with van der Waals surface area (Å²) in [6, 6.07) is 14.8. The van der Waals surface area contributed by atoms with Gasteiger partial charge in [-0.15, -0.1) is 0 Å². The van der Waals surface area contributed by atoms with E-state index in [1.54, 1.807) is 0 Å². The van der Waals surface area contributed by atoms with Crippen molar-refractivity contribution in [2.45, 2.75) is 0 Å². The van der Waals surface area contributed by atoms with Crippen molar-refractivity contribution < 1.29 is 0 Å². The quantitative estimate of drug-likeness (QED) is 0.785. The molecule has 1 nitrogen and oxygen atoms in total. The van der Waals surface area contributed by atoms with Crippen LogP contribution in [0.15, 0.2) is 73.0 Å². The van der Waals surface area contributed by atoms with Crippen molar-refractivity contribution in [1.82, 2.24) is 5.32 Å². The zero-order valence-electron chi connectivity index (χ0n) is 10.6. The second-order valence-electron chi connectivity index (χ2n) is 4.14. The summed E-state index contributed by atoms with van der Waals surface area (Å²) in [6.07, 6.45) is 7.90. The van der Waals surface area contributed by atoms with Gasteiger partial charge in [-0.3, -0.25) is 0 Å². The summed E-state index contributed by atoms with van der Waals surface area (Å²) >= 11 is 0. The van der Waals surface area contributed by atoms with Gasteiger partial charge in [0.1, 0.15) is 0 Å². The highest BCUT2D eigenvalue weighted by atomic mass is 14.8. The minimum atomic E-state index is 0.970. The normalized spacial score (nSPS) is 11.4. The molecule has 2 aromatic carbocycles. The molecule has 1 N–H and O–H groups in total. The lowest BCUT2D eigenvalue weighted by Crippen LogP contribution is -1.90. The Kier molecular flexibility index (Phi) is 3.98. The van der Waals surface area contributed by atoms with Gasteiger partial charge in [0.25, 0.3) is 0 Å². The Morgan fingerprint density at radius 1 is 1.06 bits per heavy atom. The van der Waals surface area contributed by atoms with Crippen molar-refractivity contribution in [3.8, 4) is 0 Å². The summed E-state index contributed by atoms with van der Waals surface area (Å²) in [7, 11) is 1.87. The lowest BCUT2D eigenvalue weighted by atomic mass is 10.1. The highest BCUT2D eigenvalue weighted by molar-refractivity contribution is 5.84. The van der Waals surface area contributed by atoms with Crippen LogP contribution in [0.1, 0.15) is 5.56 Å². The molecule has 0 radical (unpaired) electrons. The van der Waals surface area contributed by atoms with Gasteiger partial charge in [-0.2, -0.15) is 0 Å². The Morgan fingerprint density at radius 3 is 2.61 bits per heavy atom. The van der Waals surface area contributed by atoms with Crippen LogP contribution >= 0.6 is 0 Å². The van der Waals surface area contributed by atoms with Gasteiger partial charge in [0.05, 0.1) is 0 Å². The summed E-state index contributed by atoms with van der Waals surface area (Å²) in [5.74, 6) is 0. The summed E-state index contributed by atoms with van der Waals surface area (Å²) in [5, 5.41) is 5.47. The van der Waals surface area contributed by atoms with Gasteiger partial charge in [0, 0.05) is 7.05 Å². The maximum atomic E-state index is 3.96. The zero-order valence-corrected chi connectivity index (χ0v) is 10.6. The molecule has 0 saturated carbocycles. The van der Waals surface area contributed by atoms with Crippen molar-refractivity contribution in [1.29, 1.82) is 0 Å². The van der Waals surface area contributed by atoms with Crippen LogP contribution in [-0.4, -0.2) is 7.05 Å². The van der Waals surface area contributed by atoms with E-state index in [-0.39, 0.29) is 0 Å². The molecule has 1 heteroatoms. The predicted octanol–water partition coefficient (Wildman–Crippen LogP) is 4.14. The van der Waals surface area contributed by atoms with Crippen molar-refractivity contribution >= 4 is 16.8 Å². The molecule has 0 atom stereocenters. The number of hydrogen-bond acceptors (Lipinski definition) is 1. The van der Waals surface area contributed by atoms with Crippen molar-refractivity contribution in [2.24, 2.45) is 0 Å². The Hall–Kier alpha value is -2.28. The van der Waals surface area contributed by atoms with Crippen LogP contribution in [0.4, 0.5) is 0 Å².